The normalized spacial score (nSPS) is 15.4. The summed E-state index contributed by atoms with van der Waals surface area (Å²) < 4.78 is 17.9. The maximum absolute atomic E-state index is 13.5. The molecule has 1 atom stereocenters. The van der Waals surface area contributed by atoms with Crippen molar-refractivity contribution in [2.24, 2.45) is 4.99 Å². The maximum Gasteiger partial charge on any atom is 0.338 e. The summed E-state index contributed by atoms with van der Waals surface area (Å²) in [5.41, 5.74) is 2.22. The van der Waals surface area contributed by atoms with Gasteiger partial charge < -0.3 is 14.2 Å². The SMILES string of the molecule is C=CCOc1ccc(/C=c2\sc3n(c2=O)C(c2ccc(OC)cc2)C(C(=O)OC)=C(C)N=3)cc1. The number of methoxy groups -OCH3 is 2. The van der Waals surface area contributed by atoms with Crippen LogP contribution in [0.4, 0.5) is 0 Å². The summed E-state index contributed by atoms with van der Waals surface area (Å²) in [6.07, 6.45) is 3.49. The zero-order valence-corrected chi connectivity index (χ0v) is 19.9. The Morgan fingerprint density at radius 3 is 2.41 bits per heavy atom. The van der Waals surface area contributed by atoms with Crippen molar-refractivity contribution in [3.63, 3.8) is 0 Å². The fourth-order valence-electron chi connectivity index (χ4n) is 3.76. The molecule has 2 aromatic carbocycles. The number of nitrogens with zero attached hydrogens (tertiary/aromatic N) is 2. The lowest BCUT2D eigenvalue weighted by Gasteiger charge is -2.24. The Morgan fingerprint density at radius 2 is 1.79 bits per heavy atom. The number of hydrogen-bond donors (Lipinski definition) is 0. The van der Waals surface area contributed by atoms with Crippen molar-refractivity contribution in [2.45, 2.75) is 13.0 Å². The van der Waals surface area contributed by atoms with Crippen LogP contribution in [0.3, 0.4) is 0 Å². The standard InChI is InChI=1S/C26H24N2O5S/c1-5-14-33-20-10-6-17(7-11-20)15-21-24(29)28-23(18-8-12-19(31-3)13-9-18)22(25(30)32-4)16(2)27-26(28)34-21/h5-13,15,23H,1,14H2,2-4H3/b21-15-. The molecule has 4 rings (SSSR count). The van der Waals surface area contributed by atoms with Gasteiger partial charge in [-0.3, -0.25) is 9.36 Å². The largest absolute Gasteiger partial charge is 0.497 e. The van der Waals surface area contributed by atoms with E-state index in [-0.39, 0.29) is 5.56 Å². The fourth-order valence-corrected chi connectivity index (χ4v) is 4.81. The smallest absolute Gasteiger partial charge is 0.338 e. The number of esters is 1. The van der Waals surface area contributed by atoms with Gasteiger partial charge in [-0.05, 0) is 48.4 Å². The van der Waals surface area contributed by atoms with E-state index in [2.05, 4.69) is 11.6 Å². The minimum atomic E-state index is -0.661. The Hall–Kier alpha value is -3.91. The molecule has 2 heterocycles. The molecule has 34 heavy (non-hydrogen) atoms. The van der Waals surface area contributed by atoms with Crippen LogP contribution < -0.4 is 24.4 Å². The molecule has 0 N–H and O–H groups in total. The molecule has 0 amide bonds. The molecule has 1 unspecified atom stereocenters. The molecule has 0 spiro atoms. The second-order valence-corrected chi connectivity index (χ2v) is 8.52. The van der Waals surface area contributed by atoms with E-state index in [1.165, 1.54) is 18.4 Å². The highest BCUT2D eigenvalue weighted by Crippen LogP contribution is 2.31. The Morgan fingerprint density at radius 1 is 1.12 bits per heavy atom. The number of thiazole rings is 1. The topological polar surface area (TPSA) is 79.1 Å². The summed E-state index contributed by atoms with van der Waals surface area (Å²) in [6, 6.07) is 14.0. The highest BCUT2D eigenvalue weighted by atomic mass is 32.1. The van der Waals surface area contributed by atoms with Crippen LogP contribution in [0.5, 0.6) is 11.5 Å². The third kappa shape index (κ3) is 4.45. The monoisotopic (exact) mass is 476 g/mol. The molecule has 3 aromatic rings. The molecule has 7 nitrogen and oxygen atoms in total. The number of aromatic nitrogens is 1. The van der Waals surface area contributed by atoms with Gasteiger partial charge in [0, 0.05) is 0 Å². The van der Waals surface area contributed by atoms with Gasteiger partial charge in [-0.25, -0.2) is 9.79 Å². The first-order valence-electron chi connectivity index (χ1n) is 10.6. The summed E-state index contributed by atoms with van der Waals surface area (Å²) in [6.45, 7) is 5.81. The molecule has 0 radical (unpaired) electrons. The average Bonchev–Trinajstić information content (AvgIpc) is 3.16. The van der Waals surface area contributed by atoms with Gasteiger partial charge >= 0.3 is 5.97 Å². The number of carbonyl (C=O) groups excluding carboxylic acids is 1. The van der Waals surface area contributed by atoms with E-state index in [9.17, 15) is 9.59 Å². The molecule has 174 valence electrons. The summed E-state index contributed by atoms with van der Waals surface area (Å²) in [4.78, 5) is 31.3. The number of hydrogen-bond acceptors (Lipinski definition) is 7. The predicted octanol–water partition coefficient (Wildman–Crippen LogP) is 2.98. The molecule has 0 bridgehead atoms. The first kappa shape index (κ1) is 23.3. The van der Waals surface area contributed by atoms with Gasteiger partial charge in [-0.2, -0.15) is 0 Å². The van der Waals surface area contributed by atoms with Gasteiger partial charge in [0.05, 0.1) is 36.1 Å². The molecule has 1 aromatic heterocycles. The van der Waals surface area contributed by atoms with Crippen LogP contribution in [0.1, 0.15) is 24.1 Å². The third-order valence-corrected chi connectivity index (χ3v) is 6.39. The minimum Gasteiger partial charge on any atom is -0.497 e. The molecular weight excluding hydrogens is 452 g/mol. The number of ether oxygens (including phenoxy) is 3. The minimum absolute atomic E-state index is 0.231. The number of benzene rings is 2. The van der Waals surface area contributed by atoms with E-state index >= 15 is 0 Å². The zero-order chi connectivity index (χ0) is 24.2. The van der Waals surface area contributed by atoms with Gasteiger partial charge in [0.15, 0.2) is 4.80 Å². The van der Waals surface area contributed by atoms with Crippen molar-refractivity contribution < 1.29 is 19.0 Å². The van der Waals surface area contributed by atoms with Crippen LogP contribution in [0, 0.1) is 0 Å². The van der Waals surface area contributed by atoms with Gasteiger partial charge in [-0.1, -0.05) is 48.3 Å². The number of carbonyl (C=O) groups is 1. The first-order valence-corrected chi connectivity index (χ1v) is 11.4. The van der Waals surface area contributed by atoms with Crippen LogP contribution >= 0.6 is 11.3 Å². The van der Waals surface area contributed by atoms with E-state index in [1.807, 2.05) is 42.5 Å². The lowest BCUT2D eigenvalue weighted by atomic mass is 9.96. The molecule has 0 saturated carbocycles. The van der Waals surface area contributed by atoms with Crippen molar-refractivity contribution in [3.05, 3.63) is 103 Å². The van der Waals surface area contributed by atoms with Gasteiger partial charge in [0.2, 0.25) is 0 Å². The highest BCUT2D eigenvalue weighted by Gasteiger charge is 2.33. The Kier molecular flexibility index (Phi) is 6.79. The maximum atomic E-state index is 13.5. The van der Waals surface area contributed by atoms with E-state index in [1.54, 1.807) is 36.8 Å². The van der Waals surface area contributed by atoms with Crippen LogP contribution in [0.25, 0.3) is 6.08 Å². The fraction of sp³-hybridized carbons (Fsp3) is 0.192. The van der Waals surface area contributed by atoms with Gasteiger partial charge in [0.1, 0.15) is 18.1 Å². The van der Waals surface area contributed by atoms with E-state index in [0.29, 0.717) is 33.0 Å². The van der Waals surface area contributed by atoms with E-state index in [0.717, 1.165) is 16.9 Å². The summed E-state index contributed by atoms with van der Waals surface area (Å²) in [5.74, 6) is 0.875. The van der Waals surface area contributed by atoms with Crippen molar-refractivity contribution in [2.75, 3.05) is 20.8 Å². The lowest BCUT2D eigenvalue weighted by molar-refractivity contribution is -0.136. The van der Waals surface area contributed by atoms with Crippen LogP contribution in [-0.4, -0.2) is 31.4 Å². The van der Waals surface area contributed by atoms with Gasteiger partial charge in [0.25, 0.3) is 5.56 Å². The molecule has 1 aliphatic rings. The highest BCUT2D eigenvalue weighted by molar-refractivity contribution is 7.07. The lowest BCUT2D eigenvalue weighted by Crippen LogP contribution is -2.39. The number of allylic oxidation sites excluding steroid dienone is 1. The van der Waals surface area contributed by atoms with Crippen molar-refractivity contribution in [3.8, 4) is 11.5 Å². The third-order valence-electron chi connectivity index (χ3n) is 5.40. The quantitative estimate of drug-likeness (QED) is 0.387. The summed E-state index contributed by atoms with van der Waals surface area (Å²) in [7, 11) is 2.90. The van der Waals surface area contributed by atoms with E-state index < -0.39 is 12.0 Å². The second kappa shape index (κ2) is 9.93. The summed E-state index contributed by atoms with van der Waals surface area (Å²) in [5, 5.41) is 0. The molecule has 0 fully saturated rings. The first-order chi connectivity index (χ1) is 16.5. The van der Waals surface area contributed by atoms with E-state index in [4.69, 9.17) is 14.2 Å². The van der Waals surface area contributed by atoms with Crippen molar-refractivity contribution in [1.82, 2.24) is 4.57 Å². The second-order valence-electron chi connectivity index (χ2n) is 7.52. The summed E-state index contributed by atoms with van der Waals surface area (Å²) >= 11 is 1.28. The zero-order valence-electron chi connectivity index (χ0n) is 19.1. The van der Waals surface area contributed by atoms with Crippen molar-refractivity contribution in [1.29, 1.82) is 0 Å². The van der Waals surface area contributed by atoms with Crippen LogP contribution in [0.2, 0.25) is 0 Å². The average molecular weight is 477 g/mol. The molecule has 0 aliphatic carbocycles. The Bertz CT molecular complexity index is 1430. The predicted molar refractivity (Wildman–Crippen MR) is 131 cm³/mol. The van der Waals surface area contributed by atoms with Crippen molar-refractivity contribution >= 4 is 23.4 Å². The number of fused-ring (bicyclic) bond motifs is 1. The number of rotatable bonds is 7. The molecule has 1 aliphatic heterocycles. The molecule has 0 saturated heterocycles. The van der Waals surface area contributed by atoms with Gasteiger partial charge in [-0.15, -0.1) is 0 Å². The molecule has 8 heteroatoms. The van der Waals surface area contributed by atoms with Crippen LogP contribution in [-0.2, 0) is 9.53 Å². The molecular formula is C26H24N2O5S. The Balaban J connectivity index is 1.84. The Labute approximate surface area is 200 Å². The van der Waals surface area contributed by atoms with Crippen LogP contribution in [0.15, 0.2) is 82.2 Å².